The number of hydrogen-bond donors (Lipinski definition) is 3. The van der Waals surface area contributed by atoms with Crippen molar-refractivity contribution in [1.29, 1.82) is 0 Å². The highest BCUT2D eigenvalue weighted by Crippen LogP contribution is 2.41. The average Bonchev–Trinajstić information content (AvgIpc) is 2.94. The summed E-state index contributed by atoms with van der Waals surface area (Å²) in [6.45, 7) is 0.625. The van der Waals surface area contributed by atoms with Gasteiger partial charge in [0.2, 0.25) is 5.75 Å². The predicted molar refractivity (Wildman–Crippen MR) is 146 cm³/mol. The molecule has 0 saturated heterocycles. The second-order valence-electron chi connectivity index (χ2n) is 8.84. The van der Waals surface area contributed by atoms with Crippen molar-refractivity contribution in [1.82, 2.24) is 10.3 Å². The molecule has 1 unspecified atom stereocenters. The van der Waals surface area contributed by atoms with Crippen LogP contribution in [0.1, 0.15) is 28.4 Å². The Bertz CT molecular complexity index is 1380. The van der Waals surface area contributed by atoms with Crippen LogP contribution in [0.15, 0.2) is 59.7 Å². The Morgan fingerprint density at radius 1 is 0.975 bits per heavy atom. The molecular weight excluding hydrogens is 527 g/mol. The Morgan fingerprint density at radius 3 is 2.25 bits per heavy atom. The zero-order chi connectivity index (χ0) is 28.9. The lowest BCUT2D eigenvalue weighted by molar-refractivity contribution is -0.153. The van der Waals surface area contributed by atoms with Gasteiger partial charge < -0.3 is 35.3 Å². The molecule has 1 atom stereocenters. The van der Waals surface area contributed by atoms with Crippen molar-refractivity contribution in [2.24, 2.45) is 10.7 Å². The van der Waals surface area contributed by atoms with Crippen molar-refractivity contribution >= 4 is 17.3 Å². The van der Waals surface area contributed by atoms with Crippen LogP contribution >= 0.6 is 0 Å². The van der Waals surface area contributed by atoms with Crippen LogP contribution in [0.5, 0.6) is 23.0 Å². The van der Waals surface area contributed by atoms with E-state index in [4.69, 9.17) is 24.7 Å². The summed E-state index contributed by atoms with van der Waals surface area (Å²) < 4.78 is 58.9. The van der Waals surface area contributed by atoms with Crippen molar-refractivity contribution in [3.8, 4) is 23.0 Å². The Kier molecular flexibility index (Phi) is 8.56. The molecule has 1 aromatic heterocycles. The molecule has 0 amide bonds. The quantitative estimate of drug-likeness (QED) is 0.321. The van der Waals surface area contributed by atoms with E-state index in [0.717, 1.165) is 22.5 Å². The molecular formula is C28H30F3N5O4. The van der Waals surface area contributed by atoms with E-state index in [-0.39, 0.29) is 11.7 Å². The van der Waals surface area contributed by atoms with Gasteiger partial charge in [0.15, 0.2) is 24.1 Å². The van der Waals surface area contributed by atoms with Gasteiger partial charge in [0, 0.05) is 23.1 Å². The first-order valence-corrected chi connectivity index (χ1v) is 12.2. The molecule has 1 aliphatic rings. The van der Waals surface area contributed by atoms with Crippen molar-refractivity contribution in [2.45, 2.75) is 25.7 Å². The molecule has 9 nitrogen and oxygen atoms in total. The van der Waals surface area contributed by atoms with Gasteiger partial charge in [-0.2, -0.15) is 13.2 Å². The molecule has 0 spiro atoms. The zero-order valence-electron chi connectivity index (χ0n) is 22.4. The summed E-state index contributed by atoms with van der Waals surface area (Å²) >= 11 is 0. The topological polar surface area (TPSA) is 112 Å². The maximum Gasteiger partial charge on any atom is 0.422 e. The molecule has 4 N–H and O–H groups in total. The van der Waals surface area contributed by atoms with E-state index in [0.29, 0.717) is 35.1 Å². The highest BCUT2D eigenvalue weighted by molar-refractivity contribution is 5.90. The molecule has 12 heteroatoms. The molecule has 1 aliphatic heterocycles. The SMILES string of the molecule is COc1cc(C2C=C(c3ccc(NCc4nccc(OCC(F)(F)F)c4C)cc3)NC(N)=N2)cc(OC)c1OC. The molecule has 40 heavy (non-hydrogen) atoms. The number of alkyl halides is 3. The predicted octanol–water partition coefficient (Wildman–Crippen LogP) is 4.97. The van der Waals surface area contributed by atoms with Crippen molar-refractivity contribution in [3.05, 3.63) is 77.1 Å². The van der Waals surface area contributed by atoms with Gasteiger partial charge in [0.25, 0.3) is 0 Å². The third-order valence-electron chi connectivity index (χ3n) is 6.20. The first-order chi connectivity index (χ1) is 19.1. The number of aliphatic imine (C=N–C) groups is 1. The summed E-state index contributed by atoms with van der Waals surface area (Å²) in [4.78, 5) is 8.79. The third kappa shape index (κ3) is 6.68. The molecule has 2 aromatic carbocycles. The molecule has 0 saturated carbocycles. The van der Waals surface area contributed by atoms with Gasteiger partial charge in [-0.05, 0) is 54.5 Å². The minimum absolute atomic E-state index is 0.149. The number of methoxy groups -OCH3 is 3. The van der Waals surface area contributed by atoms with Crippen LogP contribution in [0.2, 0.25) is 0 Å². The van der Waals surface area contributed by atoms with Gasteiger partial charge in [0.1, 0.15) is 5.75 Å². The molecule has 0 aliphatic carbocycles. The minimum Gasteiger partial charge on any atom is -0.493 e. The van der Waals surface area contributed by atoms with Crippen LogP contribution in [-0.4, -0.2) is 45.1 Å². The lowest BCUT2D eigenvalue weighted by atomic mass is 10.0. The second kappa shape index (κ2) is 12.1. The maximum absolute atomic E-state index is 12.5. The summed E-state index contributed by atoms with van der Waals surface area (Å²) in [5.41, 5.74) is 10.5. The maximum atomic E-state index is 12.5. The lowest BCUT2D eigenvalue weighted by Crippen LogP contribution is -2.33. The Balaban J connectivity index is 1.49. The molecule has 0 radical (unpaired) electrons. The third-order valence-corrected chi connectivity index (χ3v) is 6.20. The van der Waals surface area contributed by atoms with Crippen LogP contribution in [0.4, 0.5) is 18.9 Å². The van der Waals surface area contributed by atoms with Crippen molar-refractivity contribution in [3.63, 3.8) is 0 Å². The van der Waals surface area contributed by atoms with Crippen LogP contribution in [0, 0.1) is 6.92 Å². The number of guanidine groups is 1. The van der Waals surface area contributed by atoms with E-state index in [1.165, 1.54) is 12.3 Å². The molecule has 4 rings (SSSR count). The van der Waals surface area contributed by atoms with Gasteiger partial charge in [-0.3, -0.25) is 4.98 Å². The zero-order valence-corrected chi connectivity index (χ0v) is 22.4. The first kappa shape index (κ1) is 28.4. The van der Waals surface area contributed by atoms with E-state index in [1.54, 1.807) is 28.3 Å². The van der Waals surface area contributed by atoms with Crippen LogP contribution in [-0.2, 0) is 6.54 Å². The second-order valence-corrected chi connectivity index (χ2v) is 8.84. The number of hydrogen-bond acceptors (Lipinski definition) is 9. The van der Waals surface area contributed by atoms with Crippen molar-refractivity contribution in [2.75, 3.05) is 33.3 Å². The number of nitrogens with one attached hydrogen (secondary N) is 2. The molecule has 212 valence electrons. The first-order valence-electron chi connectivity index (χ1n) is 12.2. The fraction of sp³-hybridized carbons (Fsp3) is 0.286. The number of benzene rings is 2. The van der Waals surface area contributed by atoms with Crippen LogP contribution < -0.4 is 35.3 Å². The Labute approximate surface area is 229 Å². The monoisotopic (exact) mass is 557 g/mol. The van der Waals surface area contributed by atoms with Gasteiger partial charge in [-0.15, -0.1) is 0 Å². The number of pyridine rings is 1. The number of aromatic nitrogens is 1. The summed E-state index contributed by atoms with van der Waals surface area (Å²) in [6.07, 6.45) is -1.04. The fourth-order valence-corrected chi connectivity index (χ4v) is 4.17. The number of rotatable bonds is 10. The van der Waals surface area contributed by atoms with E-state index >= 15 is 0 Å². The van der Waals surface area contributed by atoms with Gasteiger partial charge in [0.05, 0.1) is 39.6 Å². The summed E-state index contributed by atoms with van der Waals surface area (Å²) in [5, 5.41) is 6.35. The normalized spacial score (nSPS) is 14.9. The number of nitrogens with two attached hydrogens (primary N) is 1. The average molecular weight is 558 g/mol. The van der Waals surface area contributed by atoms with E-state index in [1.807, 2.05) is 42.5 Å². The van der Waals surface area contributed by atoms with Crippen molar-refractivity contribution < 1.29 is 32.1 Å². The highest BCUT2D eigenvalue weighted by atomic mass is 19.4. The molecule has 0 fully saturated rings. The molecule has 2 heterocycles. The molecule has 0 bridgehead atoms. The Morgan fingerprint density at radius 2 is 1.65 bits per heavy atom. The number of anilines is 1. The Hall–Kier alpha value is -4.61. The number of ether oxygens (including phenoxy) is 4. The number of nitrogens with zero attached hydrogens (tertiary/aromatic N) is 2. The van der Waals surface area contributed by atoms with Crippen LogP contribution in [0.25, 0.3) is 5.70 Å². The van der Waals surface area contributed by atoms with Gasteiger partial charge in [-0.25, -0.2) is 4.99 Å². The lowest BCUT2D eigenvalue weighted by Gasteiger charge is -2.22. The highest BCUT2D eigenvalue weighted by Gasteiger charge is 2.29. The summed E-state index contributed by atoms with van der Waals surface area (Å²) in [5.74, 6) is 1.91. The minimum atomic E-state index is -4.41. The van der Waals surface area contributed by atoms with Crippen LogP contribution in [0.3, 0.4) is 0 Å². The number of halogens is 3. The summed E-state index contributed by atoms with van der Waals surface area (Å²) in [7, 11) is 4.64. The van der Waals surface area contributed by atoms with E-state index in [9.17, 15) is 13.2 Å². The fourth-order valence-electron chi connectivity index (χ4n) is 4.17. The van der Waals surface area contributed by atoms with Gasteiger partial charge in [-0.1, -0.05) is 12.1 Å². The summed E-state index contributed by atoms with van der Waals surface area (Å²) in [6, 6.07) is 12.3. The standard InChI is InChI=1S/C28H30F3N5O4/c1-16-22(33-10-9-23(16)40-15-28(29,30)31)14-34-19-7-5-17(6-8-19)20-13-21(36-27(32)35-20)18-11-24(37-2)26(39-4)25(12-18)38-3/h5-13,21,34H,14-15H2,1-4H3,(H3,32,35,36). The van der Waals surface area contributed by atoms with Gasteiger partial charge >= 0.3 is 6.18 Å². The molecule has 3 aromatic rings. The smallest absolute Gasteiger partial charge is 0.422 e. The van der Waals surface area contributed by atoms with E-state index in [2.05, 4.69) is 20.6 Å². The van der Waals surface area contributed by atoms with E-state index < -0.39 is 18.8 Å². The largest absolute Gasteiger partial charge is 0.493 e.